The highest BCUT2D eigenvalue weighted by Crippen LogP contribution is 2.30. The molecular formula is C22H17N5O3S. The van der Waals surface area contributed by atoms with Crippen LogP contribution in [0.4, 0.5) is 0 Å². The van der Waals surface area contributed by atoms with Crippen LogP contribution in [0.5, 0.6) is 0 Å². The van der Waals surface area contributed by atoms with Crippen molar-refractivity contribution in [2.75, 3.05) is 6.61 Å². The molecule has 0 radical (unpaired) electrons. The van der Waals surface area contributed by atoms with E-state index in [9.17, 15) is 9.59 Å². The molecular weight excluding hydrogens is 414 g/mol. The summed E-state index contributed by atoms with van der Waals surface area (Å²) in [4.78, 5) is 40.7. The molecule has 0 aliphatic rings. The van der Waals surface area contributed by atoms with Crippen molar-refractivity contribution in [1.29, 1.82) is 0 Å². The third-order valence-electron chi connectivity index (χ3n) is 4.83. The van der Waals surface area contributed by atoms with Crippen molar-refractivity contribution in [3.05, 3.63) is 77.1 Å². The van der Waals surface area contributed by atoms with Crippen LogP contribution in [-0.4, -0.2) is 37.1 Å². The monoisotopic (exact) mass is 431 g/mol. The van der Waals surface area contributed by atoms with Gasteiger partial charge in [-0.1, -0.05) is 24.3 Å². The molecule has 31 heavy (non-hydrogen) atoms. The molecule has 0 unspecified atom stereocenters. The van der Waals surface area contributed by atoms with Crippen molar-refractivity contribution < 1.29 is 9.53 Å². The number of aromatic amines is 1. The normalized spacial score (nSPS) is 11.2. The van der Waals surface area contributed by atoms with Crippen LogP contribution >= 0.6 is 11.3 Å². The Balaban J connectivity index is 1.29. The number of imidazole rings is 1. The number of H-pyrrole nitrogens is 1. The summed E-state index contributed by atoms with van der Waals surface area (Å²) in [7, 11) is 0. The Hall–Kier alpha value is -3.85. The van der Waals surface area contributed by atoms with Crippen molar-refractivity contribution >= 4 is 38.6 Å². The molecule has 0 saturated heterocycles. The van der Waals surface area contributed by atoms with Gasteiger partial charge in [-0.2, -0.15) is 0 Å². The standard InChI is InChI=1S/C22H17N5O3S/c28-21(30-13-5-12-27-16-8-3-1-6-14(16)26-22(27)29)19-18(23-10-11-24-19)20-25-15-7-2-4-9-17(15)31-20/h1-4,6-11H,5,12-13H2,(H,26,29). The second-order valence-electron chi connectivity index (χ2n) is 6.83. The largest absolute Gasteiger partial charge is 0.461 e. The number of carbonyl (C=O) groups is 1. The first-order chi connectivity index (χ1) is 15.2. The predicted octanol–water partition coefficient (Wildman–Crippen LogP) is 3.64. The van der Waals surface area contributed by atoms with Gasteiger partial charge in [-0.15, -0.1) is 11.3 Å². The number of nitrogens with zero attached hydrogens (tertiary/aromatic N) is 4. The molecule has 3 aromatic heterocycles. The summed E-state index contributed by atoms with van der Waals surface area (Å²) in [6.07, 6.45) is 3.48. The number of thiazole rings is 1. The van der Waals surface area contributed by atoms with Gasteiger partial charge in [-0.3, -0.25) is 4.57 Å². The molecule has 5 rings (SSSR count). The van der Waals surface area contributed by atoms with Crippen LogP contribution in [0.1, 0.15) is 16.9 Å². The minimum Gasteiger partial charge on any atom is -0.461 e. The van der Waals surface area contributed by atoms with E-state index in [0.29, 0.717) is 23.7 Å². The fraction of sp³-hybridized carbons (Fsp3) is 0.136. The third-order valence-corrected chi connectivity index (χ3v) is 5.87. The molecule has 0 saturated carbocycles. The van der Waals surface area contributed by atoms with E-state index in [2.05, 4.69) is 19.9 Å². The maximum atomic E-state index is 12.7. The molecule has 0 fully saturated rings. The molecule has 5 aromatic rings. The highest BCUT2D eigenvalue weighted by atomic mass is 32.1. The maximum absolute atomic E-state index is 12.7. The van der Waals surface area contributed by atoms with E-state index in [4.69, 9.17) is 4.74 Å². The van der Waals surface area contributed by atoms with Crippen molar-refractivity contribution in [2.45, 2.75) is 13.0 Å². The molecule has 0 atom stereocenters. The summed E-state index contributed by atoms with van der Waals surface area (Å²) in [5.74, 6) is -0.561. The molecule has 0 aliphatic carbocycles. The fourth-order valence-electron chi connectivity index (χ4n) is 3.40. The fourth-order valence-corrected chi connectivity index (χ4v) is 4.37. The number of aryl methyl sites for hydroxylation is 1. The number of rotatable bonds is 6. The van der Waals surface area contributed by atoms with E-state index in [0.717, 1.165) is 21.3 Å². The highest BCUT2D eigenvalue weighted by molar-refractivity contribution is 7.21. The van der Waals surface area contributed by atoms with Crippen LogP contribution in [0.15, 0.2) is 65.7 Å². The predicted molar refractivity (Wildman–Crippen MR) is 118 cm³/mol. The zero-order valence-corrected chi connectivity index (χ0v) is 17.1. The van der Waals surface area contributed by atoms with Crippen LogP contribution in [0.3, 0.4) is 0 Å². The summed E-state index contributed by atoms with van der Waals surface area (Å²) < 4.78 is 8.07. The molecule has 0 bridgehead atoms. The lowest BCUT2D eigenvalue weighted by molar-refractivity contribution is 0.0489. The van der Waals surface area contributed by atoms with Crippen molar-refractivity contribution in [3.8, 4) is 10.7 Å². The summed E-state index contributed by atoms with van der Waals surface area (Å²) in [5, 5.41) is 0.617. The Kier molecular flexibility index (Phi) is 5.01. The lowest BCUT2D eigenvalue weighted by atomic mass is 10.3. The molecule has 8 nitrogen and oxygen atoms in total. The molecule has 1 N–H and O–H groups in total. The van der Waals surface area contributed by atoms with Gasteiger partial charge in [-0.05, 0) is 30.7 Å². The van der Waals surface area contributed by atoms with E-state index in [1.54, 1.807) is 4.57 Å². The van der Waals surface area contributed by atoms with Gasteiger partial charge in [0.25, 0.3) is 0 Å². The first-order valence-corrected chi connectivity index (χ1v) is 10.5. The number of hydrogen-bond donors (Lipinski definition) is 1. The minimum atomic E-state index is -0.561. The van der Waals surface area contributed by atoms with Gasteiger partial charge >= 0.3 is 11.7 Å². The Labute approximate surface area is 180 Å². The molecule has 9 heteroatoms. The highest BCUT2D eigenvalue weighted by Gasteiger charge is 2.20. The lowest BCUT2D eigenvalue weighted by Crippen LogP contribution is -2.18. The van der Waals surface area contributed by atoms with Crippen LogP contribution in [0, 0.1) is 0 Å². The number of nitrogens with one attached hydrogen (secondary N) is 1. The molecule has 0 amide bonds. The van der Waals surface area contributed by atoms with Gasteiger partial charge in [0.1, 0.15) is 10.7 Å². The maximum Gasteiger partial charge on any atom is 0.359 e. The van der Waals surface area contributed by atoms with Gasteiger partial charge in [0, 0.05) is 18.9 Å². The summed E-state index contributed by atoms with van der Waals surface area (Å²) in [6.45, 7) is 0.585. The first kappa shape index (κ1) is 19.1. The van der Waals surface area contributed by atoms with E-state index < -0.39 is 5.97 Å². The number of esters is 1. The van der Waals surface area contributed by atoms with Gasteiger partial charge in [-0.25, -0.2) is 24.5 Å². The Morgan fingerprint density at radius 2 is 1.87 bits per heavy atom. The topological polar surface area (TPSA) is 103 Å². The van der Waals surface area contributed by atoms with E-state index in [1.807, 2.05) is 48.5 Å². The SMILES string of the molecule is O=C(OCCCn1c(=O)[nH]c2ccccc21)c1nccnc1-c1nc2ccccc2s1. The average molecular weight is 431 g/mol. The number of aromatic nitrogens is 5. The van der Waals surface area contributed by atoms with E-state index in [-0.39, 0.29) is 18.0 Å². The number of benzene rings is 2. The molecule has 0 aliphatic heterocycles. The zero-order chi connectivity index (χ0) is 21.2. The smallest absolute Gasteiger partial charge is 0.359 e. The van der Waals surface area contributed by atoms with Gasteiger partial charge in [0.05, 0.1) is 27.9 Å². The van der Waals surface area contributed by atoms with Gasteiger partial charge < -0.3 is 9.72 Å². The Morgan fingerprint density at radius 1 is 1.06 bits per heavy atom. The third kappa shape index (κ3) is 3.71. The van der Waals surface area contributed by atoms with Crippen molar-refractivity contribution in [3.63, 3.8) is 0 Å². The summed E-state index contributed by atoms with van der Waals surface area (Å²) >= 11 is 1.45. The van der Waals surface area contributed by atoms with Crippen LogP contribution in [0.2, 0.25) is 0 Å². The van der Waals surface area contributed by atoms with Gasteiger partial charge in [0.2, 0.25) is 0 Å². The van der Waals surface area contributed by atoms with Crippen LogP contribution in [-0.2, 0) is 11.3 Å². The van der Waals surface area contributed by atoms with Crippen molar-refractivity contribution in [1.82, 2.24) is 24.5 Å². The number of ether oxygens (including phenoxy) is 1. The van der Waals surface area contributed by atoms with Crippen molar-refractivity contribution in [2.24, 2.45) is 0 Å². The van der Waals surface area contributed by atoms with E-state index in [1.165, 1.54) is 23.7 Å². The summed E-state index contributed by atoms with van der Waals surface area (Å²) in [5.41, 5.74) is 2.80. The Bertz CT molecular complexity index is 1420. The zero-order valence-electron chi connectivity index (χ0n) is 16.3. The number of para-hydroxylation sites is 3. The number of carbonyl (C=O) groups excluding carboxylic acids is 1. The molecule has 3 heterocycles. The molecule has 2 aromatic carbocycles. The van der Waals surface area contributed by atoms with Gasteiger partial charge in [0.15, 0.2) is 5.69 Å². The minimum absolute atomic E-state index is 0.130. The van der Waals surface area contributed by atoms with Crippen LogP contribution < -0.4 is 5.69 Å². The quantitative estimate of drug-likeness (QED) is 0.325. The summed E-state index contributed by atoms with van der Waals surface area (Å²) in [6, 6.07) is 15.2. The number of fused-ring (bicyclic) bond motifs is 2. The second-order valence-corrected chi connectivity index (χ2v) is 7.86. The Morgan fingerprint density at radius 3 is 2.77 bits per heavy atom. The number of hydrogen-bond acceptors (Lipinski definition) is 7. The molecule has 0 spiro atoms. The first-order valence-electron chi connectivity index (χ1n) is 9.72. The lowest BCUT2D eigenvalue weighted by Gasteiger charge is -2.07. The average Bonchev–Trinajstić information content (AvgIpc) is 3.37. The van der Waals surface area contributed by atoms with Crippen LogP contribution in [0.25, 0.3) is 32.0 Å². The second kappa shape index (κ2) is 8.11. The van der Waals surface area contributed by atoms with E-state index >= 15 is 0 Å². The molecule has 154 valence electrons.